The number of nitrogens with zero attached hydrogens (tertiary/aromatic N) is 2. The number of benzene rings is 2. The average molecular weight is 374 g/mol. The molecule has 1 aromatic heterocycles. The Morgan fingerprint density at radius 1 is 0.964 bits per heavy atom. The van der Waals surface area contributed by atoms with Crippen LogP contribution in [0.1, 0.15) is 43.5 Å². The summed E-state index contributed by atoms with van der Waals surface area (Å²) in [7, 11) is 0. The molecule has 144 valence electrons. The van der Waals surface area contributed by atoms with Gasteiger partial charge in [-0.3, -0.25) is 4.79 Å². The largest absolute Gasteiger partial charge is 0.370 e. The predicted octanol–water partition coefficient (Wildman–Crippen LogP) is 5.69. The topological polar surface area (TPSA) is 66.9 Å². The number of unbranched alkanes of at least 4 members (excludes halogenated alkanes) is 2. The third-order valence-electron chi connectivity index (χ3n) is 4.43. The van der Waals surface area contributed by atoms with Gasteiger partial charge in [-0.15, -0.1) is 0 Å². The number of nitrogens with one attached hydrogen (secondary N) is 2. The maximum atomic E-state index is 11.5. The Kier molecular flexibility index (Phi) is 6.73. The van der Waals surface area contributed by atoms with Gasteiger partial charge < -0.3 is 10.6 Å². The van der Waals surface area contributed by atoms with Crippen LogP contribution in [0.4, 0.5) is 17.5 Å². The van der Waals surface area contributed by atoms with Crippen LogP contribution in [-0.2, 0) is 0 Å². The van der Waals surface area contributed by atoms with Crippen molar-refractivity contribution in [1.29, 1.82) is 0 Å². The molecule has 0 amide bonds. The van der Waals surface area contributed by atoms with Crippen LogP contribution in [0.25, 0.3) is 11.3 Å². The van der Waals surface area contributed by atoms with Gasteiger partial charge in [-0.2, -0.15) is 4.98 Å². The van der Waals surface area contributed by atoms with Gasteiger partial charge in [0.05, 0.1) is 5.69 Å². The van der Waals surface area contributed by atoms with Gasteiger partial charge in [-0.25, -0.2) is 4.98 Å². The van der Waals surface area contributed by atoms with Crippen molar-refractivity contribution in [2.24, 2.45) is 0 Å². The predicted molar refractivity (Wildman–Crippen MR) is 115 cm³/mol. The Hall–Kier alpha value is -3.21. The minimum absolute atomic E-state index is 0.0486. The van der Waals surface area contributed by atoms with E-state index in [1.165, 1.54) is 12.8 Å². The monoisotopic (exact) mass is 374 g/mol. The van der Waals surface area contributed by atoms with Crippen molar-refractivity contribution < 1.29 is 4.79 Å². The minimum Gasteiger partial charge on any atom is -0.370 e. The van der Waals surface area contributed by atoms with Crippen LogP contribution in [0.5, 0.6) is 0 Å². The summed E-state index contributed by atoms with van der Waals surface area (Å²) in [5.74, 6) is 1.37. The molecule has 5 heteroatoms. The number of hydrogen-bond donors (Lipinski definition) is 2. The SMILES string of the molecule is CCCCCNc1cc(-c2ccccc2)nc(Nc2ccc(C(C)=O)cc2)n1. The molecule has 3 rings (SSSR count). The molecule has 0 aliphatic rings. The van der Waals surface area contributed by atoms with E-state index in [0.29, 0.717) is 11.5 Å². The third kappa shape index (κ3) is 5.39. The number of ketones is 1. The first-order chi connectivity index (χ1) is 13.7. The summed E-state index contributed by atoms with van der Waals surface area (Å²) in [4.78, 5) is 20.7. The van der Waals surface area contributed by atoms with Crippen molar-refractivity contribution in [3.8, 4) is 11.3 Å². The number of anilines is 3. The van der Waals surface area contributed by atoms with E-state index in [1.807, 2.05) is 48.5 Å². The summed E-state index contributed by atoms with van der Waals surface area (Å²) < 4.78 is 0. The van der Waals surface area contributed by atoms with Crippen LogP contribution in [0.3, 0.4) is 0 Å². The number of aromatic nitrogens is 2. The molecule has 28 heavy (non-hydrogen) atoms. The highest BCUT2D eigenvalue weighted by Crippen LogP contribution is 2.23. The van der Waals surface area contributed by atoms with Crippen molar-refractivity contribution in [3.05, 3.63) is 66.2 Å². The molecular weight excluding hydrogens is 348 g/mol. The summed E-state index contributed by atoms with van der Waals surface area (Å²) in [6.45, 7) is 4.63. The Bertz CT molecular complexity index is 908. The van der Waals surface area contributed by atoms with Crippen molar-refractivity contribution in [2.75, 3.05) is 17.2 Å². The molecule has 0 aliphatic carbocycles. The molecule has 0 radical (unpaired) electrons. The van der Waals surface area contributed by atoms with Crippen LogP contribution in [-0.4, -0.2) is 22.3 Å². The highest BCUT2D eigenvalue weighted by molar-refractivity contribution is 5.94. The van der Waals surface area contributed by atoms with Gasteiger partial charge in [-0.1, -0.05) is 50.1 Å². The molecule has 0 spiro atoms. The Balaban J connectivity index is 1.84. The van der Waals surface area contributed by atoms with Gasteiger partial charge in [-0.05, 0) is 37.6 Å². The first kappa shape index (κ1) is 19.5. The van der Waals surface area contributed by atoms with Gasteiger partial charge >= 0.3 is 0 Å². The van der Waals surface area contributed by atoms with Crippen LogP contribution >= 0.6 is 0 Å². The van der Waals surface area contributed by atoms with Crippen LogP contribution < -0.4 is 10.6 Å². The summed E-state index contributed by atoms with van der Waals surface area (Å²) >= 11 is 0. The second-order valence-corrected chi connectivity index (χ2v) is 6.72. The van der Waals surface area contributed by atoms with E-state index in [4.69, 9.17) is 0 Å². The van der Waals surface area contributed by atoms with Gasteiger partial charge in [0.2, 0.25) is 5.95 Å². The normalized spacial score (nSPS) is 10.5. The lowest BCUT2D eigenvalue weighted by Crippen LogP contribution is -2.07. The quantitative estimate of drug-likeness (QED) is 0.372. The van der Waals surface area contributed by atoms with E-state index in [1.54, 1.807) is 19.1 Å². The lowest BCUT2D eigenvalue weighted by molar-refractivity contribution is 0.101. The molecule has 2 aromatic carbocycles. The van der Waals surface area contributed by atoms with E-state index in [9.17, 15) is 4.79 Å². The number of hydrogen-bond acceptors (Lipinski definition) is 5. The molecule has 0 fully saturated rings. The fraction of sp³-hybridized carbons (Fsp3) is 0.261. The molecule has 0 aliphatic heterocycles. The first-order valence-electron chi connectivity index (χ1n) is 9.72. The van der Waals surface area contributed by atoms with Gasteiger partial charge in [0.15, 0.2) is 5.78 Å². The molecule has 0 unspecified atom stereocenters. The zero-order chi connectivity index (χ0) is 19.8. The van der Waals surface area contributed by atoms with Crippen molar-refractivity contribution in [2.45, 2.75) is 33.1 Å². The molecule has 0 atom stereocenters. The molecule has 2 N–H and O–H groups in total. The summed E-state index contributed by atoms with van der Waals surface area (Å²) in [6.07, 6.45) is 3.48. The second-order valence-electron chi connectivity index (χ2n) is 6.72. The van der Waals surface area contributed by atoms with E-state index in [2.05, 4.69) is 27.5 Å². The number of Topliss-reactive ketones (excluding diaryl/α,β-unsaturated/α-hetero) is 1. The molecule has 0 bridgehead atoms. The van der Waals surface area contributed by atoms with Crippen LogP contribution in [0.15, 0.2) is 60.7 Å². The zero-order valence-electron chi connectivity index (χ0n) is 16.4. The van der Waals surface area contributed by atoms with E-state index < -0.39 is 0 Å². The molecule has 1 heterocycles. The van der Waals surface area contributed by atoms with E-state index in [0.717, 1.165) is 35.7 Å². The Morgan fingerprint density at radius 2 is 1.71 bits per heavy atom. The first-order valence-corrected chi connectivity index (χ1v) is 9.72. The zero-order valence-corrected chi connectivity index (χ0v) is 16.4. The smallest absolute Gasteiger partial charge is 0.229 e. The van der Waals surface area contributed by atoms with E-state index >= 15 is 0 Å². The molecule has 3 aromatic rings. The fourth-order valence-corrected chi connectivity index (χ4v) is 2.86. The lowest BCUT2D eigenvalue weighted by Gasteiger charge is -2.12. The van der Waals surface area contributed by atoms with Crippen molar-refractivity contribution in [3.63, 3.8) is 0 Å². The molecule has 0 saturated carbocycles. The minimum atomic E-state index is 0.0486. The standard InChI is InChI=1S/C23H26N4O/c1-3-4-8-15-24-22-16-21(19-9-6-5-7-10-19)26-23(27-22)25-20-13-11-18(12-14-20)17(2)28/h5-7,9-14,16H,3-4,8,15H2,1-2H3,(H2,24,25,26,27). The van der Waals surface area contributed by atoms with E-state index in [-0.39, 0.29) is 5.78 Å². The lowest BCUT2D eigenvalue weighted by atomic mass is 10.1. The summed E-state index contributed by atoms with van der Waals surface area (Å²) in [5, 5.41) is 6.65. The number of rotatable bonds is 9. The second kappa shape index (κ2) is 9.65. The van der Waals surface area contributed by atoms with Gasteiger partial charge in [0.1, 0.15) is 5.82 Å². The van der Waals surface area contributed by atoms with Crippen molar-refractivity contribution >= 4 is 23.2 Å². The van der Waals surface area contributed by atoms with Crippen LogP contribution in [0.2, 0.25) is 0 Å². The van der Waals surface area contributed by atoms with Gasteiger partial charge in [0.25, 0.3) is 0 Å². The number of carbonyl (C=O) groups excluding carboxylic acids is 1. The Labute approximate surface area is 166 Å². The fourth-order valence-electron chi connectivity index (χ4n) is 2.86. The number of carbonyl (C=O) groups is 1. The highest BCUT2D eigenvalue weighted by atomic mass is 16.1. The average Bonchev–Trinajstić information content (AvgIpc) is 2.72. The van der Waals surface area contributed by atoms with Crippen LogP contribution in [0, 0.1) is 0 Å². The molecule has 5 nitrogen and oxygen atoms in total. The summed E-state index contributed by atoms with van der Waals surface area (Å²) in [6, 6.07) is 19.4. The Morgan fingerprint density at radius 3 is 2.39 bits per heavy atom. The summed E-state index contributed by atoms with van der Waals surface area (Å²) in [5.41, 5.74) is 3.42. The molecular formula is C23H26N4O. The molecule has 0 saturated heterocycles. The highest BCUT2D eigenvalue weighted by Gasteiger charge is 2.08. The maximum absolute atomic E-state index is 11.5. The maximum Gasteiger partial charge on any atom is 0.229 e. The third-order valence-corrected chi connectivity index (χ3v) is 4.43. The van der Waals surface area contributed by atoms with Crippen molar-refractivity contribution in [1.82, 2.24) is 9.97 Å². The van der Waals surface area contributed by atoms with Gasteiger partial charge in [0, 0.05) is 29.4 Å².